The van der Waals surface area contributed by atoms with Gasteiger partial charge in [0.15, 0.2) is 5.58 Å². The molecule has 2 N–H and O–H groups in total. The molecular weight excluding hydrogens is 276 g/mol. The van der Waals surface area contributed by atoms with Gasteiger partial charge in [-0.25, -0.2) is 9.97 Å². The molecule has 0 radical (unpaired) electrons. The first kappa shape index (κ1) is 12.7. The zero-order valence-corrected chi connectivity index (χ0v) is 11.3. The molecule has 0 spiro atoms. The highest BCUT2D eigenvalue weighted by Gasteiger charge is 2.09. The van der Waals surface area contributed by atoms with Gasteiger partial charge in [0.25, 0.3) is 5.22 Å². The Morgan fingerprint density at radius 3 is 3.10 bits per heavy atom. The minimum absolute atomic E-state index is 0.0892. The van der Waals surface area contributed by atoms with Crippen LogP contribution in [-0.2, 0) is 11.3 Å². The molecule has 6 nitrogen and oxygen atoms in total. The van der Waals surface area contributed by atoms with Gasteiger partial charge in [-0.15, -0.1) is 0 Å². The van der Waals surface area contributed by atoms with Crippen LogP contribution in [0.4, 0.5) is 0 Å². The summed E-state index contributed by atoms with van der Waals surface area (Å²) < 4.78 is 5.52. The molecule has 0 bridgehead atoms. The van der Waals surface area contributed by atoms with Crippen LogP contribution in [0.5, 0.6) is 0 Å². The van der Waals surface area contributed by atoms with E-state index < -0.39 is 0 Å². The molecule has 0 fully saturated rings. The molecule has 1 aromatic carbocycles. The number of nitrogens with zero attached hydrogens (tertiary/aromatic N) is 2. The molecule has 102 valence electrons. The van der Waals surface area contributed by atoms with Crippen molar-refractivity contribution in [1.82, 2.24) is 20.3 Å². The second kappa shape index (κ2) is 5.79. The Hall–Kier alpha value is -2.28. The quantitative estimate of drug-likeness (QED) is 0.701. The highest BCUT2D eigenvalue weighted by molar-refractivity contribution is 7.99. The number of hydrogen-bond donors (Lipinski definition) is 2. The molecule has 3 rings (SSSR count). The first-order valence-electron chi connectivity index (χ1n) is 6.04. The number of benzene rings is 1. The Morgan fingerprint density at radius 2 is 2.30 bits per heavy atom. The molecule has 20 heavy (non-hydrogen) atoms. The van der Waals surface area contributed by atoms with E-state index in [0.29, 0.717) is 11.8 Å². The van der Waals surface area contributed by atoms with E-state index >= 15 is 0 Å². The number of carbonyl (C=O) groups is 1. The van der Waals surface area contributed by atoms with Crippen molar-refractivity contribution in [2.45, 2.75) is 11.8 Å². The van der Waals surface area contributed by atoms with Crippen LogP contribution in [0.2, 0.25) is 0 Å². The molecular formula is C13H12N4O2S. The number of aromatic nitrogens is 3. The summed E-state index contributed by atoms with van der Waals surface area (Å²) in [7, 11) is 0. The van der Waals surface area contributed by atoms with E-state index in [1.807, 2.05) is 24.3 Å². The average molecular weight is 288 g/mol. The molecule has 7 heteroatoms. The standard InChI is InChI=1S/C13H12N4O2S/c18-12(16-7-11-14-5-6-15-11)8-20-13-17-9-3-1-2-4-10(9)19-13/h1-6H,7-8H2,(H,14,15)(H,16,18). The van der Waals surface area contributed by atoms with Gasteiger partial charge in [0.1, 0.15) is 11.3 Å². The van der Waals surface area contributed by atoms with E-state index in [2.05, 4.69) is 20.3 Å². The number of nitrogens with one attached hydrogen (secondary N) is 2. The third-order valence-corrected chi connectivity index (χ3v) is 3.44. The Balaban J connectivity index is 1.52. The van der Waals surface area contributed by atoms with Crippen molar-refractivity contribution in [1.29, 1.82) is 0 Å². The maximum atomic E-state index is 11.7. The summed E-state index contributed by atoms with van der Waals surface area (Å²) in [6, 6.07) is 7.51. The number of fused-ring (bicyclic) bond motifs is 1. The van der Waals surface area contributed by atoms with Crippen molar-refractivity contribution < 1.29 is 9.21 Å². The molecule has 0 aliphatic heterocycles. The second-order valence-electron chi connectivity index (χ2n) is 4.05. The molecule has 0 unspecified atom stereocenters. The van der Waals surface area contributed by atoms with Crippen molar-refractivity contribution in [2.75, 3.05) is 5.75 Å². The fourth-order valence-electron chi connectivity index (χ4n) is 1.67. The molecule has 2 heterocycles. The van der Waals surface area contributed by atoms with Gasteiger partial charge in [-0.05, 0) is 12.1 Å². The number of oxazole rings is 1. The first-order chi connectivity index (χ1) is 9.81. The van der Waals surface area contributed by atoms with E-state index in [1.54, 1.807) is 12.4 Å². The van der Waals surface area contributed by atoms with Gasteiger partial charge < -0.3 is 14.7 Å². The maximum absolute atomic E-state index is 11.7. The number of para-hydroxylation sites is 2. The number of amides is 1. The summed E-state index contributed by atoms with van der Waals surface area (Å²) in [6.07, 6.45) is 3.36. The lowest BCUT2D eigenvalue weighted by molar-refractivity contribution is -0.118. The number of rotatable bonds is 5. The van der Waals surface area contributed by atoms with E-state index in [0.717, 1.165) is 16.9 Å². The fraction of sp³-hybridized carbons (Fsp3) is 0.154. The van der Waals surface area contributed by atoms with Crippen LogP contribution in [0, 0.1) is 0 Å². The van der Waals surface area contributed by atoms with Crippen molar-refractivity contribution in [3.8, 4) is 0 Å². The van der Waals surface area contributed by atoms with Crippen molar-refractivity contribution in [2.24, 2.45) is 0 Å². The van der Waals surface area contributed by atoms with Crippen molar-refractivity contribution in [3.05, 3.63) is 42.5 Å². The first-order valence-corrected chi connectivity index (χ1v) is 7.03. The van der Waals surface area contributed by atoms with Crippen LogP contribution in [0.3, 0.4) is 0 Å². The van der Waals surface area contributed by atoms with Crippen LogP contribution in [-0.4, -0.2) is 26.6 Å². The summed E-state index contributed by atoms with van der Waals surface area (Å²) in [6.45, 7) is 0.389. The Bertz CT molecular complexity index is 675. The van der Waals surface area contributed by atoms with Crippen LogP contribution in [0.1, 0.15) is 5.82 Å². The van der Waals surface area contributed by atoms with Crippen LogP contribution in [0.25, 0.3) is 11.1 Å². The molecule has 0 aliphatic carbocycles. The Labute approximate surface area is 119 Å². The fourth-order valence-corrected chi connectivity index (χ4v) is 2.34. The monoisotopic (exact) mass is 288 g/mol. The number of carbonyl (C=O) groups excluding carboxylic acids is 1. The SMILES string of the molecule is O=C(CSc1nc2ccccc2o1)NCc1ncc[nH]1. The van der Waals surface area contributed by atoms with E-state index in [9.17, 15) is 4.79 Å². The minimum Gasteiger partial charge on any atom is -0.431 e. The van der Waals surface area contributed by atoms with Gasteiger partial charge in [-0.2, -0.15) is 0 Å². The normalized spacial score (nSPS) is 10.8. The largest absolute Gasteiger partial charge is 0.431 e. The van der Waals surface area contributed by atoms with Gasteiger partial charge in [0.05, 0.1) is 12.3 Å². The topological polar surface area (TPSA) is 83.8 Å². The summed E-state index contributed by atoms with van der Waals surface area (Å²) in [4.78, 5) is 22.9. The molecule has 1 amide bonds. The predicted molar refractivity (Wildman–Crippen MR) is 75.2 cm³/mol. The van der Waals surface area contributed by atoms with Gasteiger partial charge in [0, 0.05) is 12.4 Å². The van der Waals surface area contributed by atoms with Gasteiger partial charge in [-0.3, -0.25) is 4.79 Å². The number of H-pyrrole nitrogens is 1. The minimum atomic E-state index is -0.0892. The predicted octanol–water partition coefficient (Wildman–Crippen LogP) is 1.96. The molecule has 0 aliphatic rings. The van der Waals surface area contributed by atoms with Gasteiger partial charge in [-0.1, -0.05) is 23.9 Å². The Morgan fingerprint density at radius 1 is 1.40 bits per heavy atom. The highest BCUT2D eigenvalue weighted by Crippen LogP contribution is 2.22. The van der Waals surface area contributed by atoms with Crippen LogP contribution in [0.15, 0.2) is 46.3 Å². The lowest BCUT2D eigenvalue weighted by Gasteiger charge is -2.01. The average Bonchev–Trinajstić information content (AvgIpc) is 3.11. The highest BCUT2D eigenvalue weighted by atomic mass is 32.2. The van der Waals surface area contributed by atoms with E-state index in [-0.39, 0.29) is 11.7 Å². The molecule has 0 saturated carbocycles. The van der Waals surface area contributed by atoms with Crippen molar-refractivity contribution in [3.63, 3.8) is 0 Å². The lowest BCUT2D eigenvalue weighted by Crippen LogP contribution is -2.25. The van der Waals surface area contributed by atoms with Gasteiger partial charge in [0.2, 0.25) is 5.91 Å². The number of hydrogen-bond acceptors (Lipinski definition) is 5. The summed E-state index contributed by atoms with van der Waals surface area (Å²) in [5.74, 6) is 0.895. The third-order valence-electron chi connectivity index (χ3n) is 2.61. The zero-order chi connectivity index (χ0) is 13.8. The third kappa shape index (κ3) is 3.00. The smallest absolute Gasteiger partial charge is 0.257 e. The molecule has 0 atom stereocenters. The second-order valence-corrected chi connectivity index (χ2v) is 4.98. The summed E-state index contributed by atoms with van der Waals surface area (Å²) >= 11 is 1.27. The van der Waals surface area contributed by atoms with Crippen LogP contribution >= 0.6 is 11.8 Å². The van der Waals surface area contributed by atoms with Gasteiger partial charge >= 0.3 is 0 Å². The van der Waals surface area contributed by atoms with E-state index in [1.165, 1.54) is 11.8 Å². The Kier molecular flexibility index (Phi) is 3.69. The number of imidazole rings is 1. The molecule has 2 aromatic heterocycles. The molecule has 3 aromatic rings. The zero-order valence-electron chi connectivity index (χ0n) is 10.5. The van der Waals surface area contributed by atoms with Crippen LogP contribution < -0.4 is 5.32 Å². The summed E-state index contributed by atoms with van der Waals surface area (Å²) in [5, 5.41) is 3.27. The maximum Gasteiger partial charge on any atom is 0.257 e. The van der Waals surface area contributed by atoms with E-state index in [4.69, 9.17) is 4.42 Å². The van der Waals surface area contributed by atoms with Crippen molar-refractivity contribution >= 4 is 28.8 Å². The summed E-state index contributed by atoms with van der Waals surface area (Å²) in [5.41, 5.74) is 1.52. The lowest BCUT2D eigenvalue weighted by atomic mass is 10.3. The molecule has 0 saturated heterocycles. The number of aromatic amines is 1. The number of thioether (sulfide) groups is 1.